The summed E-state index contributed by atoms with van der Waals surface area (Å²) in [5, 5.41) is 5.03. The van der Waals surface area contributed by atoms with Crippen molar-refractivity contribution < 1.29 is 4.79 Å². The van der Waals surface area contributed by atoms with Gasteiger partial charge in [0.1, 0.15) is 5.78 Å². The van der Waals surface area contributed by atoms with Crippen LogP contribution in [0.1, 0.15) is 18.9 Å². The molecule has 94 valence electrons. The monoisotopic (exact) mass is 248 g/mol. The molecule has 0 unspecified atom stereocenters. The topological polar surface area (TPSA) is 17.1 Å². The van der Waals surface area contributed by atoms with E-state index in [-0.39, 0.29) is 5.78 Å². The van der Waals surface area contributed by atoms with Gasteiger partial charge in [0.05, 0.1) is 0 Å². The molecule has 3 rings (SSSR count). The maximum absolute atomic E-state index is 11.2. The first-order chi connectivity index (χ1) is 9.24. The van der Waals surface area contributed by atoms with Crippen molar-refractivity contribution in [3.05, 3.63) is 60.2 Å². The van der Waals surface area contributed by atoms with Crippen molar-refractivity contribution in [2.45, 2.75) is 19.8 Å². The van der Waals surface area contributed by atoms with Crippen molar-refractivity contribution in [1.29, 1.82) is 0 Å². The highest BCUT2D eigenvalue weighted by Gasteiger charge is 2.04. The number of carbonyl (C=O) groups excluding carboxylic acids is 1. The Morgan fingerprint density at radius 2 is 1.58 bits per heavy atom. The summed E-state index contributed by atoms with van der Waals surface area (Å²) >= 11 is 0. The van der Waals surface area contributed by atoms with Crippen molar-refractivity contribution >= 4 is 27.3 Å². The molecule has 0 saturated heterocycles. The fraction of sp³-hybridized carbons (Fsp3) is 0.167. The van der Waals surface area contributed by atoms with E-state index in [0.29, 0.717) is 6.42 Å². The van der Waals surface area contributed by atoms with Gasteiger partial charge in [-0.25, -0.2) is 0 Å². The van der Waals surface area contributed by atoms with Gasteiger partial charge in [0.2, 0.25) is 0 Å². The highest BCUT2D eigenvalue weighted by Crippen LogP contribution is 2.26. The normalized spacial score (nSPS) is 11.0. The lowest BCUT2D eigenvalue weighted by Gasteiger charge is -2.07. The van der Waals surface area contributed by atoms with Gasteiger partial charge in [-0.3, -0.25) is 0 Å². The van der Waals surface area contributed by atoms with E-state index in [1.165, 1.54) is 27.1 Å². The molecule has 0 heterocycles. The van der Waals surface area contributed by atoms with Gasteiger partial charge in [0, 0.05) is 6.42 Å². The van der Waals surface area contributed by atoms with Crippen LogP contribution in [0.5, 0.6) is 0 Å². The Bertz CT molecular complexity index is 756. The molecule has 0 spiro atoms. The Hall–Kier alpha value is -2.15. The van der Waals surface area contributed by atoms with E-state index >= 15 is 0 Å². The van der Waals surface area contributed by atoms with E-state index in [9.17, 15) is 4.79 Å². The van der Waals surface area contributed by atoms with Gasteiger partial charge in [-0.05, 0) is 52.6 Å². The quantitative estimate of drug-likeness (QED) is 0.623. The van der Waals surface area contributed by atoms with E-state index in [0.717, 1.165) is 6.42 Å². The van der Waals surface area contributed by atoms with Gasteiger partial charge in [0.15, 0.2) is 0 Å². The fourth-order valence-corrected chi connectivity index (χ4v) is 2.56. The predicted molar refractivity (Wildman–Crippen MR) is 80.5 cm³/mol. The average Bonchev–Trinajstić information content (AvgIpc) is 2.42. The number of fused-ring (bicyclic) bond motifs is 2. The minimum atomic E-state index is 0.248. The second-order valence-corrected chi connectivity index (χ2v) is 5.04. The maximum Gasteiger partial charge on any atom is 0.130 e. The van der Waals surface area contributed by atoms with Crippen molar-refractivity contribution in [2.24, 2.45) is 0 Å². The standard InChI is InChI=1S/C18H16O/c1-13(19)9-10-14-7-4-8-17-11-15-5-2-3-6-16(15)12-18(14)17/h2-8,11-12H,9-10H2,1H3. The molecule has 0 atom stereocenters. The Morgan fingerprint density at radius 3 is 2.32 bits per heavy atom. The van der Waals surface area contributed by atoms with Crippen molar-refractivity contribution in [3.63, 3.8) is 0 Å². The molecular formula is C18H16O. The zero-order valence-corrected chi connectivity index (χ0v) is 11.0. The molecule has 0 aliphatic heterocycles. The zero-order valence-electron chi connectivity index (χ0n) is 11.0. The largest absolute Gasteiger partial charge is 0.300 e. The second-order valence-electron chi connectivity index (χ2n) is 5.04. The third-order valence-corrected chi connectivity index (χ3v) is 3.58. The van der Waals surface area contributed by atoms with Crippen LogP contribution >= 0.6 is 0 Å². The first-order valence-electron chi connectivity index (χ1n) is 6.64. The lowest BCUT2D eigenvalue weighted by atomic mass is 9.97. The van der Waals surface area contributed by atoms with E-state index in [1.807, 2.05) is 0 Å². The molecule has 0 saturated carbocycles. The van der Waals surface area contributed by atoms with E-state index in [4.69, 9.17) is 0 Å². The summed E-state index contributed by atoms with van der Waals surface area (Å²) in [5.41, 5.74) is 1.26. The minimum Gasteiger partial charge on any atom is -0.300 e. The van der Waals surface area contributed by atoms with Crippen molar-refractivity contribution in [1.82, 2.24) is 0 Å². The Morgan fingerprint density at radius 1 is 0.895 bits per heavy atom. The van der Waals surface area contributed by atoms with Gasteiger partial charge in [0.25, 0.3) is 0 Å². The first kappa shape index (κ1) is 11.9. The molecule has 0 N–H and O–H groups in total. The number of rotatable bonds is 3. The van der Waals surface area contributed by atoms with Crippen LogP contribution in [-0.2, 0) is 11.2 Å². The van der Waals surface area contributed by atoms with Crippen LogP contribution in [0.3, 0.4) is 0 Å². The SMILES string of the molecule is CC(=O)CCc1cccc2cc3ccccc3cc12. The Labute approximate surface area is 112 Å². The third kappa shape index (κ3) is 2.37. The molecule has 1 heteroatoms. The smallest absolute Gasteiger partial charge is 0.130 e. The molecule has 0 fully saturated rings. The van der Waals surface area contributed by atoms with Crippen LogP contribution < -0.4 is 0 Å². The summed E-state index contributed by atoms with van der Waals surface area (Å²) in [4.78, 5) is 11.2. The number of hydrogen-bond donors (Lipinski definition) is 0. The number of benzene rings is 3. The van der Waals surface area contributed by atoms with Crippen LogP contribution in [-0.4, -0.2) is 5.78 Å². The number of hydrogen-bond acceptors (Lipinski definition) is 1. The Kier molecular flexibility index (Phi) is 3.04. The third-order valence-electron chi connectivity index (χ3n) is 3.58. The lowest BCUT2D eigenvalue weighted by molar-refractivity contribution is -0.116. The van der Waals surface area contributed by atoms with E-state index in [2.05, 4.69) is 54.6 Å². The van der Waals surface area contributed by atoms with Crippen LogP contribution in [0.4, 0.5) is 0 Å². The molecule has 19 heavy (non-hydrogen) atoms. The fourth-order valence-electron chi connectivity index (χ4n) is 2.56. The van der Waals surface area contributed by atoms with Gasteiger partial charge in [-0.15, -0.1) is 0 Å². The second kappa shape index (κ2) is 4.85. The van der Waals surface area contributed by atoms with Crippen LogP contribution in [0, 0.1) is 0 Å². The van der Waals surface area contributed by atoms with E-state index < -0.39 is 0 Å². The highest BCUT2D eigenvalue weighted by atomic mass is 16.1. The van der Waals surface area contributed by atoms with Crippen LogP contribution in [0.25, 0.3) is 21.5 Å². The molecule has 0 aromatic heterocycles. The number of carbonyl (C=O) groups is 1. The molecule has 0 bridgehead atoms. The molecule has 0 aliphatic carbocycles. The summed E-state index contributed by atoms with van der Waals surface area (Å²) in [6, 6.07) is 19.2. The summed E-state index contributed by atoms with van der Waals surface area (Å²) in [6.45, 7) is 1.65. The lowest BCUT2D eigenvalue weighted by Crippen LogP contribution is -1.94. The minimum absolute atomic E-state index is 0.248. The molecule has 3 aromatic carbocycles. The number of ketones is 1. The predicted octanol–water partition coefficient (Wildman–Crippen LogP) is 4.51. The highest BCUT2D eigenvalue weighted by molar-refractivity contribution is 5.99. The molecule has 0 aliphatic rings. The summed E-state index contributed by atoms with van der Waals surface area (Å²) in [5.74, 6) is 0.248. The van der Waals surface area contributed by atoms with E-state index in [1.54, 1.807) is 6.92 Å². The summed E-state index contributed by atoms with van der Waals surface area (Å²) < 4.78 is 0. The van der Waals surface area contributed by atoms with Gasteiger partial charge >= 0.3 is 0 Å². The average molecular weight is 248 g/mol. The van der Waals surface area contributed by atoms with Crippen molar-refractivity contribution in [2.75, 3.05) is 0 Å². The first-order valence-corrected chi connectivity index (χ1v) is 6.64. The molecule has 0 radical (unpaired) electrons. The van der Waals surface area contributed by atoms with Gasteiger partial charge in [-0.1, -0.05) is 42.5 Å². The summed E-state index contributed by atoms with van der Waals surface area (Å²) in [7, 11) is 0. The Balaban J connectivity index is 2.17. The van der Waals surface area contributed by atoms with Crippen LogP contribution in [0.15, 0.2) is 54.6 Å². The molecule has 1 nitrogen and oxygen atoms in total. The number of aryl methyl sites for hydroxylation is 1. The molecular weight excluding hydrogens is 232 g/mol. The number of Topliss-reactive ketones (excluding diaryl/α,β-unsaturated/α-hetero) is 1. The van der Waals surface area contributed by atoms with Gasteiger partial charge < -0.3 is 4.79 Å². The van der Waals surface area contributed by atoms with Crippen LogP contribution in [0.2, 0.25) is 0 Å². The summed E-state index contributed by atoms with van der Waals surface area (Å²) in [6.07, 6.45) is 1.44. The zero-order chi connectivity index (χ0) is 13.2. The van der Waals surface area contributed by atoms with Crippen molar-refractivity contribution in [3.8, 4) is 0 Å². The molecule has 0 amide bonds. The van der Waals surface area contributed by atoms with Gasteiger partial charge in [-0.2, -0.15) is 0 Å². The maximum atomic E-state index is 11.2. The molecule has 3 aromatic rings.